The first kappa shape index (κ1) is 11.8. The molecule has 1 aromatic heterocycles. The third-order valence-electron chi connectivity index (χ3n) is 2.05. The number of aromatic nitrogens is 2. The molecular formula is C12H12N4O2. The van der Waals surface area contributed by atoms with Gasteiger partial charge in [-0.2, -0.15) is 0 Å². The fourth-order valence-corrected chi connectivity index (χ4v) is 1.33. The van der Waals surface area contributed by atoms with Crippen molar-refractivity contribution in [2.75, 3.05) is 11.1 Å². The number of amides is 1. The molecule has 3 N–H and O–H groups in total. The number of benzene rings is 1. The van der Waals surface area contributed by atoms with Gasteiger partial charge >= 0.3 is 6.01 Å². The van der Waals surface area contributed by atoms with E-state index in [9.17, 15) is 4.79 Å². The molecule has 0 atom stereocenters. The lowest BCUT2D eigenvalue weighted by Crippen LogP contribution is -2.07. The zero-order chi connectivity index (χ0) is 13.0. The van der Waals surface area contributed by atoms with Gasteiger partial charge in [0, 0.05) is 6.92 Å². The lowest BCUT2D eigenvalue weighted by atomic mass is 10.3. The average molecular weight is 244 g/mol. The van der Waals surface area contributed by atoms with Crippen LogP contribution in [0.3, 0.4) is 0 Å². The van der Waals surface area contributed by atoms with E-state index in [1.165, 1.54) is 19.3 Å². The van der Waals surface area contributed by atoms with Gasteiger partial charge in [-0.3, -0.25) is 4.79 Å². The van der Waals surface area contributed by atoms with Crippen LogP contribution in [-0.2, 0) is 4.79 Å². The summed E-state index contributed by atoms with van der Waals surface area (Å²) in [5, 5.41) is 2.66. The Hall–Kier alpha value is -2.63. The standard InChI is InChI=1S/C12H12N4O2/c1-8(17)16-10-4-2-3-5-11(10)18-12-14-6-9(13)7-15-12/h2-7H,13H2,1H3,(H,16,17). The van der Waals surface area contributed by atoms with Gasteiger partial charge in [-0.15, -0.1) is 0 Å². The highest BCUT2D eigenvalue weighted by Crippen LogP contribution is 2.27. The number of carbonyl (C=O) groups is 1. The van der Waals surface area contributed by atoms with E-state index in [0.717, 1.165) is 0 Å². The molecule has 18 heavy (non-hydrogen) atoms. The van der Waals surface area contributed by atoms with Crippen molar-refractivity contribution < 1.29 is 9.53 Å². The Morgan fingerprint density at radius 3 is 2.61 bits per heavy atom. The molecule has 0 radical (unpaired) electrons. The first-order valence-electron chi connectivity index (χ1n) is 5.27. The van der Waals surface area contributed by atoms with Crippen LogP contribution < -0.4 is 15.8 Å². The smallest absolute Gasteiger partial charge is 0.322 e. The van der Waals surface area contributed by atoms with Crippen molar-refractivity contribution in [3.05, 3.63) is 36.7 Å². The minimum Gasteiger partial charge on any atom is -0.422 e. The summed E-state index contributed by atoms with van der Waals surface area (Å²) in [6, 6.07) is 7.20. The van der Waals surface area contributed by atoms with Gasteiger partial charge in [0.1, 0.15) is 0 Å². The number of anilines is 2. The van der Waals surface area contributed by atoms with Crippen molar-refractivity contribution in [2.45, 2.75) is 6.92 Å². The van der Waals surface area contributed by atoms with Gasteiger partial charge in [0.15, 0.2) is 5.75 Å². The average Bonchev–Trinajstić information content (AvgIpc) is 2.34. The van der Waals surface area contributed by atoms with Crippen molar-refractivity contribution >= 4 is 17.3 Å². The minimum atomic E-state index is -0.177. The van der Waals surface area contributed by atoms with Gasteiger partial charge in [-0.25, -0.2) is 9.97 Å². The maximum Gasteiger partial charge on any atom is 0.322 e. The molecule has 1 heterocycles. The van der Waals surface area contributed by atoms with E-state index in [1.807, 2.05) is 0 Å². The normalized spacial score (nSPS) is 9.83. The summed E-state index contributed by atoms with van der Waals surface area (Å²) in [5.41, 5.74) is 6.49. The molecule has 0 aliphatic rings. The summed E-state index contributed by atoms with van der Waals surface area (Å²) in [6.45, 7) is 1.43. The van der Waals surface area contributed by atoms with E-state index >= 15 is 0 Å². The van der Waals surface area contributed by atoms with Crippen LogP contribution in [-0.4, -0.2) is 15.9 Å². The van der Waals surface area contributed by atoms with E-state index in [4.69, 9.17) is 10.5 Å². The summed E-state index contributed by atoms with van der Waals surface area (Å²) in [6.07, 6.45) is 2.90. The molecule has 1 amide bonds. The van der Waals surface area contributed by atoms with E-state index < -0.39 is 0 Å². The van der Waals surface area contributed by atoms with Crippen molar-refractivity contribution in [1.29, 1.82) is 0 Å². The van der Waals surface area contributed by atoms with Crippen LogP contribution in [0.4, 0.5) is 11.4 Å². The summed E-state index contributed by atoms with van der Waals surface area (Å²) >= 11 is 0. The first-order chi connectivity index (χ1) is 8.65. The molecule has 0 saturated heterocycles. The summed E-state index contributed by atoms with van der Waals surface area (Å²) < 4.78 is 5.47. The van der Waals surface area contributed by atoms with E-state index in [1.54, 1.807) is 24.3 Å². The minimum absolute atomic E-state index is 0.169. The van der Waals surface area contributed by atoms with Crippen LogP contribution >= 0.6 is 0 Å². The number of nitrogen functional groups attached to an aromatic ring is 1. The zero-order valence-electron chi connectivity index (χ0n) is 9.75. The van der Waals surface area contributed by atoms with Crippen LogP contribution in [0.2, 0.25) is 0 Å². The van der Waals surface area contributed by atoms with Gasteiger partial charge in [0.05, 0.1) is 23.8 Å². The maximum absolute atomic E-state index is 11.0. The fourth-order valence-electron chi connectivity index (χ4n) is 1.33. The van der Waals surface area contributed by atoms with Gasteiger partial charge in [0.25, 0.3) is 0 Å². The maximum atomic E-state index is 11.0. The number of nitrogens with zero attached hydrogens (tertiary/aromatic N) is 2. The lowest BCUT2D eigenvalue weighted by molar-refractivity contribution is -0.114. The Labute approximate surface area is 104 Å². The van der Waals surface area contributed by atoms with Crippen molar-refractivity contribution in [1.82, 2.24) is 9.97 Å². The Morgan fingerprint density at radius 1 is 1.28 bits per heavy atom. The van der Waals surface area contributed by atoms with Crippen LogP contribution in [0.25, 0.3) is 0 Å². The number of nitrogens with one attached hydrogen (secondary N) is 1. The molecule has 0 aliphatic heterocycles. The van der Waals surface area contributed by atoms with Gasteiger partial charge < -0.3 is 15.8 Å². The molecule has 2 rings (SSSR count). The molecule has 2 aromatic rings. The summed E-state index contributed by atoms with van der Waals surface area (Å²) in [7, 11) is 0. The highest BCUT2D eigenvalue weighted by molar-refractivity contribution is 5.90. The first-order valence-corrected chi connectivity index (χ1v) is 5.27. The third kappa shape index (κ3) is 2.94. The second kappa shape index (κ2) is 5.13. The molecule has 0 saturated carbocycles. The van der Waals surface area contributed by atoms with E-state index in [0.29, 0.717) is 17.1 Å². The number of carbonyl (C=O) groups excluding carboxylic acids is 1. The fraction of sp³-hybridized carbons (Fsp3) is 0.0833. The van der Waals surface area contributed by atoms with E-state index in [-0.39, 0.29) is 11.9 Å². The molecule has 0 spiro atoms. The van der Waals surface area contributed by atoms with Crippen LogP contribution in [0.1, 0.15) is 6.92 Å². The SMILES string of the molecule is CC(=O)Nc1ccccc1Oc1ncc(N)cn1. The topological polar surface area (TPSA) is 90.1 Å². The number of rotatable bonds is 3. The monoisotopic (exact) mass is 244 g/mol. The Morgan fingerprint density at radius 2 is 1.94 bits per heavy atom. The Bertz CT molecular complexity index is 554. The van der Waals surface area contributed by atoms with Crippen molar-refractivity contribution in [3.8, 4) is 11.8 Å². The Kier molecular flexibility index (Phi) is 3.38. The largest absolute Gasteiger partial charge is 0.422 e. The van der Waals surface area contributed by atoms with Gasteiger partial charge in [-0.1, -0.05) is 12.1 Å². The highest BCUT2D eigenvalue weighted by Gasteiger charge is 2.06. The second-order valence-corrected chi connectivity index (χ2v) is 3.58. The van der Waals surface area contributed by atoms with Gasteiger partial charge in [-0.05, 0) is 12.1 Å². The molecule has 0 bridgehead atoms. The van der Waals surface area contributed by atoms with Gasteiger partial charge in [0.2, 0.25) is 5.91 Å². The predicted octanol–water partition coefficient (Wildman–Crippen LogP) is 1.81. The van der Waals surface area contributed by atoms with Crippen LogP contribution in [0.15, 0.2) is 36.7 Å². The van der Waals surface area contributed by atoms with E-state index in [2.05, 4.69) is 15.3 Å². The van der Waals surface area contributed by atoms with Crippen LogP contribution in [0.5, 0.6) is 11.8 Å². The predicted molar refractivity (Wildman–Crippen MR) is 67.3 cm³/mol. The highest BCUT2D eigenvalue weighted by atomic mass is 16.5. The van der Waals surface area contributed by atoms with Crippen molar-refractivity contribution in [3.63, 3.8) is 0 Å². The number of ether oxygens (including phenoxy) is 1. The summed E-state index contributed by atoms with van der Waals surface area (Å²) in [5.74, 6) is 0.293. The summed E-state index contributed by atoms with van der Waals surface area (Å²) in [4.78, 5) is 18.9. The number of nitrogens with two attached hydrogens (primary N) is 1. The second-order valence-electron chi connectivity index (χ2n) is 3.58. The van der Waals surface area contributed by atoms with Crippen molar-refractivity contribution in [2.24, 2.45) is 0 Å². The number of hydrogen-bond acceptors (Lipinski definition) is 5. The molecular weight excluding hydrogens is 232 g/mol. The number of hydrogen-bond donors (Lipinski definition) is 2. The van der Waals surface area contributed by atoms with Crippen LogP contribution in [0, 0.1) is 0 Å². The third-order valence-corrected chi connectivity index (χ3v) is 2.05. The molecule has 6 nitrogen and oxygen atoms in total. The quantitative estimate of drug-likeness (QED) is 0.859. The lowest BCUT2D eigenvalue weighted by Gasteiger charge is -2.09. The molecule has 0 aliphatic carbocycles. The molecule has 0 unspecified atom stereocenters. The number of para-hydroxylation sites is 2. The molecule has 1 aromatic carbocycles. The molecule has 0 fully saturated rings. The molecule has 92 valence electrons. The zero-order valence-corrected chi connectivity index (χ0v) is 9.75. The Balaban J connectivity index is 2.23. The molecule has 6 heteroatoms.